The van der Waals surface area contributed by atoms with Crippen molar-refractivity contribution in [1.29, 1.82) is 0 Å². The molecule has 0 saturated carbocycles. The van der Waals surface area contributed by atoms with Crippen LogP contribution in [0, 0.1) is 0 Å². The number of rotatable bonds is 4. The Morgan fingerprint density at radius 2 is 1.86 bits per heavy atom. The lowest BCUT2D eigenvalue weighted by atomic mass is 10.0. The van der Waals surface area contributed by atoms with Crippen molar-refractivity contribution in [2.45, 2.75) is 52.5 Å². The minimum Gasteiger partial charge on any atom is -0.382 e. The maximum Gasteiger partial charge on any atom is 0.150 e. The number of aromatic nitrogens is 3. The molecule has 0 atom stereocenters. The molecule has 1 fully saturated rings. The first-order valence-electron chi connectivity index (χ1n) is 10.4. The van der Waals surface area contributed by atoms with Gasteiger partial charge in [-0.1, -0.05) is 13.3 Å². The molecule has 28 heavy (non-hydrogen) atoms. The van der Waals surface area contributed by atoms with E-state index in [0.717, 1.165) is 73.2 Å². The number of hydrogen-bond acceptors (Lipinski definition) is 5. The van der Waals surface area contributed by atoms with Crippen LogP contribution in [0.1, 0.15) is 46.4 Å². The van der Waals surface area contributed by atoms with Crippen LogP contribution in [0.3, 0.4) is 0 Å². The fourth-order valence-corrected chi connectivity index (χ4v) is 4.10. The lowest BCUT2D eigenvalue weighted by molar-refractivity contribution is 0.128. The van der Waals surface area contributed by atoms with Crippen LogP contribution in [0.4, 0.5) is 11.5 Å². The van der Waals surface area contributed by atoms with Gasteiger partial charge in [0.15, 0.2) is 0 Å². The van der Waals surface area contributed by atoms with Crippen molar-refractivity contribution in [2.75, 3.05) is 36.8 Å². The molecule has 3 heterocycles. The van der Waals surface area contributed by atoms with E-state index in [1.165, 1.54) is 5.69 Å². The van der Waals surface area contributed by atoms with Gasteiger partial charge in [-0.2, -0.15) is 0 Å². The van der Waals surface area contributed by atoms with Gasteiger partial charge in [0.1, 0.15) is 22.7 Å². The zero-order valence-corrected chi connectivity index (χ0v) is 17.5. The van der Waals surface area contributed by atoms with E-state index >= 15 is 0 Å². The summed E-state index contributed by atoms with van der Waals surface area (Å²) in [4.78, 5) is 17.9. The Bertz CT molecular complexity index is 976. The number of benzene rings is 1. The topological polar surface area (TPSA) is 74.1 Å². The van der Waals surface area contributed by atoms with Gasteiger partial charge in [-0.3, -0.25) is 4.90 Å². The molecule has 4 rings (SSSR count). The Kier molecular flexibility index (Phi) is 4.91. The summed E-state index contributed by atoms with van der Waals surface area (Å²) in [6.07, 6.45) is 3.22. The first-order valence-corrected chi connectivity index (χ1v) is 10.4. The molecular weight excluding hydrogens is 348 g/mol. The first-order chi connectivity index (χ1) is 13.4. The Morgan fingerprint density at radius 1 is 1.11 bits per heavy atom. The number of nitrogens with zero attached hydrogens (tertiary/aromatic N) is 4. The molecule has 0 aliphatic carbocycles. The smallest absolute Gasteiger partial charge is 0.150 e. The number of nitrogen functional groups attached to an aromatic ring is 1. The third kappa shape index (κ3) is 3.53. The summed E-state index contributed by atoms with van der Waals surface area (Å²) in [7, 11) is 0. The van der Waals surface area contributed by atoms with Crippen molar-refractivity contribution < 1.29 is 0 Å². The van der Waals surface area contributed by atoms with E-state index in [0.29, 0.717) is 5.82 Å². The van der Waals surface area contributed by atoms with E-state index in [1.807, 2.05) is 0 Å². The molecule has 1 saturated heterocycles. The van der Waals surface area contributed by atoms with Crippen LogP contribution < -0.4 is 10.6 Å². The Labute approximate surface area is 167 Å². The summed E-state index contributed by atoms with van der Waals surface area (Å²) < 4.78 is 0. The van der Waals surface area contributed by atoms with Crippen LogP contribution in [0.15, 0.2) is 18.2 Å². The Hall–Kier alpha value is -2.34. The normalized spacial score (nSPS) is 16.4. The van der Waals surface area contributed by atoms with Gasteiger partial charge in [0.2, 0.25) is 0 Å². The summed E-state index contributed by atoms with van der Waals surface area (Å²) in [5.41, 5.74) is 10.4. The van der Waals surface area contributed by atoms with E-state index in [2.05, 4.69) is 65.7 Å². The molecule has 0 amide bonds. The number of anilines is 2. The summed E-state index contributed by atoms with van der Waals surface area (Å²) in [5.74, 6) is 1.53. The molecule has 6 heteroatoms. The van der Waals surface area contributed by atoms with Gasteiger partial charge in [-0.05, 0) is 45.4 Å². The number of nitrogens with two attached hydrogens (primary N) is 1. The second kappa shape index (κ2) is 7.24. The van der Waals surface area contributed by atoms with Gasteiger partial charge < -0.3 is 15.6 Å². The molecule has 1 aliphatic heterocycles. The van der Waals surface area contributed by atoms with E-state index < -0.39 is 0 Å². The van der Waals surface area contributed by atoms with Crippen molar-refractivity contribution >= 4 is 33.4 Å². The lowest BCUT2D eigenvalue weighted by Crippen LogP contribution is -2.53. The predicted molar refractivity (Wildman–Crippen MR) is 118 cm³/mol. The number of aryl methyl sites for hydroxylation is 1. The number of H-pyrrole nitrogens is 1. The Morgan fingerprint density at radius 3 is 2.54 bits per heavy atom. The molecule has 0 bridgehead atoms. The van der Waals surface area contributed by atoms with E-state index in [4.69, 9.17) is 10.7 Å². The standard InChI is InChI=1S/C22H32N6/c1-5-6-7-18-25-19-16-9-8-15(14-17(16)24-21(23)20(19)26-18)27-10-12-28(13-11-27)22(2,3)4/h8-9,14H,5-7,10-13H2,1-4H3,(H2,23,24)(H,25,26). The highest BCUT2D eigenvalue weighted by atomic mass is 15.3. The second-order valence-corrected chi connectivity index (χ2v) is 8.85. The molecule has 1 aliphatic rings. The van der Waals surface area contributed by atoms with Gasteiger partial charge in [0.25, 0.3) is 0 Å². The molecule has 3 N–H and O–H groups in total. The van der Waals surface area contributed by atoms with Crippen LogP contribution in [0.2, 0.25) is 0 Å². The SMILES string of the molecule is CCCCc1nc2c([nH]1)c(N)nc1cc(N3CCN(C(C)(C)C)CC3)ccc12. The molecule has 6 nitrogen and oxygen atoms in total. The largest absolute Gasteiger partial charge is 0.382 e. The Balaban J connectivity index is 1.63. The third-order valence-corrected chi connectivity index (χ3v) is 5.85. The molecular formula is C22H32N6. The highest BCUT2D eigenvalue weighted by Crippen LogP contribution is 2.30. The summed E-state index contributed by atoms with van der Waals surface area (Å²) >= 11 is 0. The molecule has 1 aromatic carbocycles. The third-order valence-electron chi connectivity index (χ3n) is 5.85. The van der Waals surface area contributed by atoms with Crippen molar-refractivity contribution in [3.05, 3.63) is 24.0 Å². The average Bonchev–Trinajstić information content (AvgIpc) is 3.10. The molecule has 0 spiro atoms. The number of aromatic amines is 1. The number of hydrogen-bond donors (Lipinski definition) is 2. The first kappa shape index (κ1) is 19.0. The number of pyridine rings is 1. The van der Waals surface area contributed by atoms with Crippen LogP contribution in [0.25, 0.3) is 21.9 Å². The van der Waals surface area contributed by atoms with Crippen LogP contribution in [-0.4, -0.2) is 51.6 Å². The highest BCUT2D eigenvalue weighted by Gasteiger charge is 2.26. The monoisotopic (exact) mass is 380 g/mol. The van der Waals surface area contributed by atoms with Crippen molar-refractivity contribution in [3.63, 3.8) is 0 Å². The van der Waals surface area contributed by atoms with E-state index in [9.17, 15) is 0 Å². The second-order valence-electron chi connectivity index (χ2n) is 8.85. The van der Waals surface area contributed by atoms with Gasteiger partial charge in [0.05, 0.1) is 5.52 Å². The number of fused-ring (bicyclic) bond motifs is 3. The van der Waals surface area contributed by atoms with Gasteiger partial charge in [-0.25, -0.2) is 9.97 Å². The number of piperazine rings is 1. The number of unbranched alkanes of at least 4 members (excludes halogenated alkanes) is 1. The quantitative estimate of drug-likeness (QED) is 0.717. The van der Waals surface area contributed by atoms with Crippen molar-refractivity contribution in [3.8, 4) is 0 Å². The summed E-state index contributed by atoms with van der Waals surface area (Å²) in [5, 5.41) is 1.07. The molecule has 3 aromatic rings. The fourth-order valence-electron chi connectivity index (χ4n) is 4.10. The minimum atomic E-state index is 0.229. The average molecular weight is 381 g/mol. The van der Waals surface area contributed by atoms with Gasteiger partial charge in [-0.15, -0.1) is 0 Å². The molecule has 0 unspecified atom stereocenters. The van der Waals surface area contributed by atoms with E-state index in [-0.39, 0.29) is 5.54 Å². The minimum absolute atomic E-state index is 0.229. The number of nitrogens with one attached hydrogen (secondary N) is 1. The van der Waals surface area contributed by atoms with Crippen molar-refractivity contribution in [2.24, 2.45) is 0 Å². The van der Waals surface area contributed by atoms with Gasteiger partial charge >= 0.3 is 0 Å². The maximum atomic E-state index is 6.26. The molecule has 150 valence electrons. The van der Waals surface area contributed by atoms with Crippen molar-refractivity contribution in [1.82, 2.24) is 19.9 Å². The maximum absolute atomic E-state index is 6.26. The van der Waals surface area contributed by atoms with Crippen LogP contribution >= 0.6 is 0 Å². The van der Waals surface area contributed by atoms with E-state index in [1.54, 1.807) is 0 Å². The van der Waals surface area contributed by atoms with Crippen LogP contribution in [0.5, 0.6) is 0 Å². The highest BCUT2D eigenvalue weighted by molar-refractivity contribution is 6.06. The summed E-state index contributed by atoms with van der Waals surface area (Å²) in [6, 6.07) is 6.52. The fraction of sp³-hybridized carbons (Fsp3) is 0.545. The molecule has 0 radical (unpaired) electrons. The number of imidazole rings is 1. The molecule has 2 aromatic heterocycles. The van der Waals surface area contributed by atoms with Gasteiger partial charge in [0, 0.05) is 49.2 Å². The zero-order chi connectivity index (χ0) is 19.9. The predicted octanol–water partition coefficient (Wildman–Crippen LogP) is 3.96. The zero-order valence-electron chi connectivity index (χ0n) is 17.5. The lowest BCUT2D eigenvalue weighted by Gasteiger charge is -2.43. The summed E-state index contributed by atoms with van der Waals surface area (Å²) in [6.45, 7) is 13.3. The van der Waals surface area contributed by atoms with Crippen LogP contribution in [-0.2, 0) is 6.42 Å².